The number of aliphatic hydroxyl groups is 1. The first-order chi connectivity index (χ1) is 15.2. The van der Waals surface area contributed by atoms with Crippen LogP contribution in [0.25, 0.3) is 22.1 Å². The number of rotatable bonds is 9. The summed E-state index contributed by atoms with van der Waals surface area (Å²) in [5, 5.41) is 13.9. The lowest BCUT2D eigenvalue weighted by Crippen LogP contribution is -2.32. The molecule has 1 heterocycles. The average Bonchev–Trinajstić information content (AvgIpc) is 2.82. The van der Waals surface area contributed by atoms with Crippen molar-refractivity contribution in [3.05, 3.63) is 101 Å². The van der Waals surface area contributed by atoms with E-state index in [-0.39, 0.29) is 12.0 Å². The molecule has 0 saturated heterocycles. The predicted octanol–water partition coefficient (Wildman–Crippen LogP) is 4.03. The molecule has 4 rings (SSSR count). The summed E-state index contributed by atoms with van der Waals surface area (Å²) >= 11 is 0. The number of hydrogen-bond donors (Lipinski definition) is 2. The van der Waals surface area contributed by atoms with Gasteiger partial charge in [-0.2, -0.15) is 0 Å². The van der Waals surface area contributed by atoms with Crippen LogP contribution in [0.5, 0.6) is 5.75 Å². The van der Waals surface area contributed by atoms with E-state index >= 15 is 0 Å². The largest absolute Gasteiger partial charge is 0.487 e. The van der Waals surface area contributed by atoms with E-state index in [1.807, 2.05) is 48.5 Å². The minimum atomic E-state index is -0.679. The molecule has 5 heteroatoms. The quantitative estimate of drug-likeness (QED) is 0.404. The molecule has 31 heavy (non-hydrogen) atoms. The maximum atomic E-state index is 12.9. The Balaban J connectivity index is 1.37. The van der Waals surface area contributed by atoms with Crippen LogP contribution in [0.4, 0.5) is 0 Å². The molecule has 3 aromatic carbocycles. The monoisotopic (exact) mass is 415 g/mol. The van der Waals surface area contributed by atoms with Crippen LogP contribution >= 0.6 is 0 Å². The molecular formula is C26H25NO4. The second-order valence-electron chi connectivity index (χ2n) is 7.38. The van der Waals surface area contributed by atoms with Crippen LogP contribution in [-0.4, -0.2) is 30.9 Å². The Labute approximate surface area is 180 Å². The highest BCUT2D eigenvalue weighted by Crippen LogP contribution is 2.26. The van der Waals surface area contributed by atoms with E-state index in [4.69, 9.17) is 9.15 Å². The third-order valence-electron chi connectivity index (χ3n) is 5.09. The van der Waals surface area contributed by atoms with Gasteiger partial charge in [-0.25, -0.2) is 0 Å². The fourth-order valence-electron chi connectivity index (χ4n) is 3.45. The van der Waals surface area contributed by atoms with Crippen molar-refractivity contribution < 1.29 is 14.3 Å². The van der Waals surface area contributed by atoms with Gasteiger partial charge in [0.05, 0.1) is 10.9 Å². The Morgan fingerprint density at radius 3 is 2.45 bits per heavy atom. The Bertz CT molecular complexity index is 1170. The number of aliphatic hydroxyl groups excluding tert-OH is 1. The van der Waals surface area contributed by atoms with E-state index in [1.165, 1.54) is 11.8 Å². The van der Waals surface area contributed by atoms with Crippen LogP contribution in [0.1, 0.15) is 5.56 Å². The molecule has 0 amide bonds. The average molecular weight is 415 g/mol. The molecule has 4 aromatic rings. The maximum absolute atomic E-state index is 12.9. The number of fused-ring (bicyclic) bond motifs is 1. The molecule has 0 aliphatic heterocycles. The molecule has 2 N–H and O–H groups in total. The number of benzene rings is 3. The van der Waals surface area contributed by atoms with Crippen LogP contribution in [0, 0.1) is 0 Å². The van der Waals surface area contributed by atoms with Gasteiger partial charge in [0.15, 0.2) is 11.3 Å². The van der Waals surface area contributed by atoms with E-state index in [9.17, 15) is 9.90 Å². The van der Waals surface area contributed by atoms with Gasteiger partial charge in [-0.3, -0.25) is 4.79 Å². The molecule has 1 aromatic heterocycles. The fraction of sp³-hybridized carbons (Fsp3) is 0.192. The molecule has 0 spiro atoms. The summed E-state index contributed by atoms with van der Waals surface area (Å²) in [6.45, 7) is 1.29. The Morgan fingerprint density at radius 1 is 0.935 bits per heavy atom. The van der Waals surface area contributed by atoms with Crippen LogP contribution in [0.2, 0.25) is 0 Å². The van der Waals surface area contributed by atoms with Gasteiger partial charge in [-0.15, -0.1) is 0 Å². The Morgan fingerprint density at radius 2 is 1.68 bits per heavy atom. The first-order valence-corrected chi connectivity index (χ1v) is 10.4. The zero-order valence-corrected chi connectivity index (χ0v) is 17.2. The first kappa shape index (κ1) is 20.8. The smallest absolute Gasteiger partial charge is 0.200 e. The van der Waals surface area contributed by atoms with E-state index in [0.717, 1.165) is 18.5 Å². The lowest BCUT2D eigenvalue weighted by atomic mass is 10.1. The third-order valence-corrected chi connectivity index (χ3v) is 5.09. The van der Waals surface area contributed by atoms with Gasteiger partial charge >= 0.3 is 0 Å². The molecule has 1 atom stereocenters. The summed E-state index contributed by atoms with van der Waals surface area (Å²) in [4.78, 5) is 12.9. The highest BCUT2D eigenvalue weighted by atomic mass is 16.5. The van der Waals surface area contributed by atoms with Crippen LogP contribution in [0.3, 0.4) is 0 Å². The van der Waals surface area contributed by atoms with Gasteiger partial charge in [-0.05, 0) is 36.2 Å². The minimum Gasteiger partial charge on any atom is -0.487 e. The van der Waals surface area contributed by atoms with Gasteiger partial charge in [0.2, 0.25) is 5.43 Å². The molecule has 158 valence electrons. The van der Waals surface area contributed by atoms with E-state index < -0.39 is 6.10 Å². The van der Waals surface area contributed by atoms with Crippen LogP contribution in [0.15, 0.2) is 94.3 Å². The van der Waals surface area contributed by atoms with Crippen molar-refractivity contribution in [2.75, 3.05) is 19.7 Å². The number of nitrogens with one attached hydrogen (secondary N) is 1. The Hall–Kier alpha value is -3.41. The van der Waals surface area contributed by atoms with Gasteiger partial charge in [0.1, 0.15) is 19.0 Å². The highest BCUT2D eigenvalue weighted by molar-refractivity contribution is 5.85. The normalized spacial score (nSPS) is 12.0. The first-order valence-electron chi connectivity index (χ1n) is 10.4. The van der Waals surface area contributed by atoms with Gasteiger partial charge in [-0.1, -0.05) is 66.7 Å². The van der Waals surface area contributed by atoms with Crippen molar-refractivity contribution in [1.29, 1.82) is 0 Å². The van der Waals surface area contributed by atoms with Crippen molar-refractivity contribution in [2.24, 2.45) is 0 Å². The van der Waals surface area contributed by atoms with Crippen molar-refractivity contribution in [1.82, 2.24) is 5.32 Å². The predicted molar refractivity (Wildman–Crippen MR) is 122 cm³/mol. The molecule has 1 unspecified atom stereocenters. The molecule has 0 aliphatic carbocycles. The number of para-hydroxylation sites is 1. The molecule has 0 radical (unpaired) electrons. The number of ether oxygens (including phenoxy) is 1. The summed E-state index contributed by atoms with van der Waals surface area (Å²) < 4.78 is 11.5. The topological polar surface area (TPSA) is 71.7 Å². The lowest BCUT2D eigenvalue weighted by molar-refractivity contribution is 0.107. The molecule has 0 aliphatic rings. The molecule has 5 nitrogen and oxygen atoms in total. The van der Waals surface area contributed by atoms with Crippen molar-refractivity contribution in [2.45, 2.75) is 12.5 Å². The third kappa shape index (κ3) is 5.20. The number of hydrogen-bond acceptors (Lipinski definition) is 5. The second kappa shape index (κ2) is 10.1. The summed E-state index contributed by atoms with van der Waals surface area (Å²) in [6.07, 6.45) is 1.68. The van der Waals surface area contributed by atoms with E-state index in [2.05, 4.69) is 17.4 Å². The zero-order valence-electron chi connectivity index (χ0n) is 17.2. The summed E-state index contributed by atoms with van der Waals surface area (Å²) in [5.74, 6) is 0.442. The molecule has 0 fully saturated rings. The van der Waals surface area contributed by atoms with E-state index in [1.54, 1.807) is 18.2 Å². The van der Waals surface area contributed by atoms with Crippen LogP contribution in [-0.2, 0) is 6.42 Å². The summed E-state index contributed by atoms with van der Waals surface area (Å²) in [7, 11) is 0. The summed E-state index contributed by atoms with van der Waals surface area (Å²) in [5.41, 5.74) is 2.84. The van der Waals surface area contributed by atoms with Gasteiger partial charge in [0.25, 0.3) is 0 Å². The van der Waals surface area contributed by atoms with Gasteiger partial charge < -0.3 is 19.6 Å². The van der Waals surface area contributed by atoms with Crippen LogP contribution < -0.4 is 15.5 Å². The molecule has 0 bridgehead atoms. The highest BCUT2D eigenvalue weighted by Gasteiger charge is 2.13. The van der Waals surface area contributed by atoms with E-state index in [0.29, 0.717) is 28.8 Å². The minimum absolute atomic E-state index is 0.0988. The van der Waals surface area contributed by atoms with Crippen molar-refractivity contribution >= 4 is 11.0 Å². The SMILES string of the molecule is O=c1c(-c2ccccc2)coc2c(OCC(O)CNCCc3ccccc3)cccc12. The Kier molecular flexibility index (Phi) is 6.77. The standard InChI is InChI=1S/C26H25NO4/c28-21(16-27-15-14-19-8-3-1-4-9-19)17-30-24-13-7-12-22-25(29)23(18-31-26(22)24)20-10-5-2-6-11-20/h1-13,18,21,27-28H,14-17H2. The van der Waals surface area contributed by atoms with Gasteiger partial charge in [0, 0.05) is 6.54 Å². The maximum Gasteiger partial charge on any atom is 0.200 e. The lowest BCUT2D eigenvalue weighted by Gasteiger charge is -2.14. The second-order valence-corrected chi connectivity index (χ2v) is 7.38. The zero-order chi connectivity index (χ0) is 21.5. The summed E-state index contributed by atoms with van der Waals surface area (Å²) in [6, 6.07) is 24.8. The van der Waals surface area contributed by atoms with Crippen molar-refractivity contribution in [3.63, 3.8) is 0 Å². The molecular weight excluding hydrogens is 390 g/mol. The van der Waals surface area contributed by atoms with Crippen molar-refractivity contribution in [3.8, 4) is 16.9 Å². The molecule has 0 saturated carbocycles. The fourth-order valence-corrected chi connectivity index (χ4v) is 3.45.